The predicted octanol–water partition coefficient (Wildman–Crippen LogP) is 0.439. The quantitative estimate of drug-likeness (QED) is 0.759. The minimum Gasteiger partial charge on any atom is -0.303 e. The van der Waals surface area contributed by atoms with Gasteiger partial charge in [0, 0.05) is 31.5 Å². The van der Waals surface area contributed by atoms with Crippen LogP contribution in [0.5, 0.6) is 0 Å². The van der Waals surface area contributed by atoms with Crippen molar-refractivity contribution in [3.63, 3.8) is 0 Å². The summed E-state index contributed by atoms with van der Waals surface area (Å²) >= 11 is 0. The van der Waals surface area contributed by atoms with Gasteiger partial charge in [0.1, 0.15) is 0 Å². The number of piperazine rings is 1. The summed E-state index contributed by atoms with van der Waals surface area (Å²) in [6.45, 7) is 2.81. The molecular weight excluding hydrogens is 214 g/mol. The van der Waals surface area contributed by atoms with Crippen LogP contribution in [0.3, 0.4) is 0 Å². The van der Waals surface area contributed by atoms with Gasteiger partial charge in [0.25, 0.3) is 0 Å². The van der Waals surface area contributed by atoms with E-state index >= 15 is 0 Å². The molecule has 1 aromatic rings. The zero-order valence-electron chi connectivity index (χ0n) is 10.5. The topological polar surface area (TPSA) is 36.4 Å². The van der Waals surface area contributed by atoms with Gasteiger partial charge in [-0.05, 0) is 26.2 Å². The summed E-state index contributed by atoms with van der Waals surface area (Å²) in [6.07, 6.45) is 2.17. The van der Waals surface area contributed by atoms with E-state index in [1.807, 2.05) is 25.2 Å². The van der Waals surface area contributed by atoms with Crippen molar-refractivity contribution in [1.82, 2.24) is 14.8 Å². The summed E-state index contributed by atoms with van der Waals surface area (Å²) < 4.78 is 0. The van der Waals surface area contributed by atoms with E-state index in [1.54, 1.807) is 6.20 Å². The van der Waals surface area contributed by atoms with Gasteiger partial charge in [-0.2, -0.15) is 0 Å². The Morgan fingerprint density at radius 2 is 2.24 bits per heavy atom. The van der Waals surface area contributed by atoms with Crippen LogP contribution in [0, 0.1) is 0 Å². The molecule has 0 spiro atoms. The first kappa shape index (κ1) is 12.2. The molecule has 1 aliphatic heterocycles. The lowest BCUT2D eigenvalue weighted by molar-refractivity contribution is -0.125. The van der Waals surface area contributed by atoms with Crippen LogP contribution in [-0.4, -0.2) is 60.3 Å². The average molecular weight is 233 g/mol. The Bertz CT molecular complexity index is 380. The second-order valence-electron chi connectivity index (χ2n) is 4.72. The summed E-state index contributed by atoms with van der Waals surface area (Å²) in [7, 11) is 4.09. The first-order valence-corrected chi connectivity index (χ1v) is 5.98. The summed E-state index contributed by atoms with van der Waals surface area (Å²) in [6, 6.07) is 5.71. The van der Waals surface area contributed by atoms with E-state index in [0.29, 0.717) is 6.42 Å². The van der Waals surface area contributed by atoms with Gasteiger partial charge in [-0.25, -0.2) is 0 Å². The Balaban J connectivity index is 1.99. The van der Waals surface area contributed by atoms with Crippen molar-refractivity contribution in [2.75, 3.05) is 33.7 Å². The second-order valence-corrected chi connectivity index (χ2v) is 4.72. The van der Waals surface area contributed by atoms with Crippen molar-refractivity contribution in [2.45, 2.75) is 12.5 Å². The number of aromatic nitrogens is 1. The predicted molar refractivity (Wildman–Crippen MR) is 66.9 cm³/mol. The summed E-state index contributed by atoms with van der Waals surface area (Å²) in [5.74, 6) is 0.262. The lowest BCUT2D eigenvalue weighted by Gasteiger charge is -2.36. The van der Waals surface area contributed by atoms with Gasteiger partial charge in [0.05, 0.1) is 12.5 Å². The van der Waals surface area contributed by atoms with Crippen molar-refractivity contribution in [2.24, 2.45) is 0 Å². The monoisotopic (exact) mass is 233 g/mol. The highest BCUT2D eigenvalue weighted by atomic mass is 16.1. The standard InChI is InChI=1S/C13H19N3O/c1-15-7-8-16(2)12(10-15)13(17)9-11-5-3-4-6-14-11/h3-6,12H,7-10H2,1-2H3. The normalized spacial score (nSPS) is 22.6. The molecule has 92 valence electrons. The summed E-state index contributed by atoms with van der Waals surface area (Å²) in [4.78, 5) is 20.8. The smallest absolute Gasteiger partial charge is 0.157 e. The van der Waals surface area contributed by atoms with Gasteiger partial charge in [0.2, 0.25) is 0 Å². The Kier molecular flexibility index (Phi) is 3.86. The molecule has 1 aliphatic rings. The molecule has 0 N–H and O–H groups in total. The van der Waals surface area contributed by atoms with Crippen LogP contribution in [0.4, 0.5) is 0 Å². The van der Waals surface area contributed by atoms with E-state index in [9.17, 15) is 4.79 Å². The molecule has 17 heavy (non-hydrogen) atoms. The molecule has 0 radical (unpaired) electrons. The minimum absolute atomic E-state index is 0.00996. The fraction of sp³-hybridized carbons (Fsp3) is 0.538. The van der Waals surface area contributed by atoms with Crippen LogP contribution < -0.4 is 0 Å². The second kappa shape index (κ2) is 5.38. The Morgan fingerprint density at radius 1 is 1.41 bits per heavy atom. The van der Waals surface area contributed by atoms with Crippen LogP contribution in [0.25, 0.3) is 0 Å². The van der Waals surface area contributed by atoms with E-state index in [0.717, 1.165) is 25.3 Å². The van der Waals surface area contributed by atoms with Crippen LogP contribution in [0.1, 0.15) is 5.69 Å². The van der Waals surface area contributed by atoms with Gasteiger partial charge >= 0.3 is 0 Å². The number of pyridine rings is 1. The first-order valence-electron chi connectivity index (χ1n) is 5.98. The largest absolute Gasteiger partial charge is 0.303 e. The number of Topliss-reactive ketones (excluding diaryl/α,β-unsaturated/α-hetero) is 1. The van der Waals surface area contributed by atoms with Crippen molar-refractivity contribution >= 4 is 5.78 Å². The third-order valence-corrected chi connectivity index (χ3v) is 3.30. The molecule has 0 aromatic carbocycles. The van der Waals surface area contributed by atoms with E-state index in [-0.39, 0.29) is 11.8 Å². The van der Waals surface area contributed by atoms with Crippen LogP contribution >= 0.6 is 0 Å². The molecule has 2 heterocycles. The van der Waals surface area contributed by atoms with E-state index in [1.165, 1.54) is 0 Å². The first-order chi connectivity index (χ1) is 8.16. The fourth-order valence-electron chi connectivity index (χ4n) is 2.16. The molecule has 4 heteroatoms. The van der Waals surface area contributed by atoms with Crippen LogP contribution in [-0.2, 0) is 11.2 Å². The molecule has 0 aliphatic carbocycles. The number of rotatable bonds is 3. The minimum atomic E-state index is 0.00996. The zero-order chi connectivity index (χ0) is 12.3. The number of nitrogens with zero attached hydrogens (tertiary/aromatic N) is 3. The van der Waals surface area contributed by atoms with Crippen LogP contribution in [0.15, 0.2) is 24.4 Å². The highest BCUT2D eigenvalue weighted by Gasteiger charge is 2.28. The lowest BCUT2D eigenvalue weighted by Crippen LogP contribution is -2.53. The Morgan fingerprint density at radius 3 is 2.94 bits per heavy atom. The summed E-state index contributed by atoms with van der Waals surface area (Å²) in [5.41, 5.74) is 0.860. The number of carbonyl (C=O) groups is 1. The molecule has 1 fully saturated rings. The molecule has 4 nitrogen and oxygen atoms in total. The van der Waals surface area contributed by atoms with Gasteiger partial charge in [-0.15, -0.1) is 0 Å². The van der Waals surface area contributed by atoms with Gasteiger partial charge in [0.15, 0.2) is 5.78 Å². The molecule has 0 saturated carbocycles. The summed E-state index contributed by atoms with van der Waals surface area (Å²) in [5, 5.41) is 0. The van der Waals surface area contributed by atoms with Gasteiger partial charge in [-0.1, -0.05) is 6.07 Å². The van der Waals surface area contributed by atoms with E-state index in [4.69, 9.17) is 0 Å². The molecule has 2 rings (SSSR count). The molecule has 1 atom stereocenters. The van der Waals surface area contributed by atoms with Crippen molar-refractivity contribution in [3.8, 4) is 0 Å². The molecular formula is C13H19N3O. The van der Waals surface area contributed by atoms with E-state index < -0.39 is 0 Å². The Labute approximate surface area is 102 Å². The molecule has 1 saturated heterocycles. The maximum absolute atomic E-state index is 12.2. The van der Waals surface area contributed by atoms with Gasteiger partial charge < -0.3 is 4.90 Å². The van der Waals surface area contributed by atoms with Crippen molar-refractivity contribution in [1.29, 1.82) is 0 Å². The number of carbonyl (C=O) groups excluding carboxylic acids is 1. The van der Waals surface area contributed by atoms with Crippen molar-refractivity contribution < 1.29 is 4.79 Å². The number of hydrogen-bond acceptors (Lipinski definition) is 4. The van der Waals surface area contributed by atoms with Crippen molar-refractivity contribution in [3.05, 3.63) is 30.1 Å². The maximum Gasteiger partial charge on any atom is 0.157 e. The molecule has 1 aromatic heterocycles. The third-order valence-electron chi connectivity index (χ3n) is 3.30. The SMILES string of the molecule is CN1CCN(C)C(C(=O)Cc2ccccn2)C1. The average Bonchev–Trinajstić information content (AvgIpc) is 2.33. The third kappa shape index (κ3) is 3.11. The Hall–Kier alpha value is -1.26. The van der Waals surface area contributed by atoms with Gasteiger partial charge in [-0.3, -0.25) is 14.7 Å². The molecule has 0 amide bonds. The maximum atomic E-state index is 12.2. The number of ketones is 1. The lowest BCUT2D eigenvalue weighted by atomic mass is 10.0. The highest BCUT2D eigenvalue weighted by molar-refractivity contribution is 5.86. The zero-order valence-corrected chi connectivity index (χ0v) is 10.5. The van der Waals surface area contributed by atoms with E-state index in [2.05, 4.69) is 21.8 Å². The van der Waals surface area contributed by atoms with Crippen LogP contribution in [0.2, 0.25) is 0 Å². The number of hydrogen-bond donors (Lipinski definition) is 0. The highest BCUT2D eigenvalue weighted by Crippen LogP contribution is 2.09. The fourth-order valence-corrected chi connectivity index (χ4v) is 2.16. The number of likely N-dealkylation sites (N-methyl/N-ethyl adjacent to an activating group) is 2. The molecule has 0 bridgehead atoms. The molecule has 1 unspecified atom stereocenters.